The largest absolute Gasteiger partial charge is 0.293 e. The van der Waals surface area contributed by atoms with Gasteiger partial charge in [0.25, 0.3) is 5.92 Å². The van der Waals surface area contributed by atoms with Crippen LogP contribution < -0.4 is 0 Å². The van der Waals surface area contributed by atoms with Gasteiger partial charge in [0.15, 0.2) is 5.78 Å². The Balaban J connectivity index is 1.76. The normalized spacial score (nSPS) is 16.6. The second-order valence-electron chi connectivity index (χ2n) is 7.29. The van der Waals surface area contributed by atoms with Crippen molar-refractivity contribution >= 4 is 16.7 Å². The molecule has 0 bridgehead atoms. The Bertz CT molecular complexity index is 1050. The Kier molecular flexibility index (Phi) is 4.67. The third-order valence-electron chi connectivity index (χ3n) is 5.05. The van der Waals surface area contributed by atoms with E-state index in [1.165, 1.54) is 19.1 Å². The van der Waals surface area contributed by atoms with Crippen LogP contribution in [0, 0.1) is 5.82 Å². The molecule has 2 aromatic carbocycles. The van der Waals surface area contributed by atoms with E-state index in [4.69, 9.17) is 0 Å². The molecule has 0 N–H and O–H groups in total. The predicted molar refractivity (Wildman–Crippen MR) is 102 cm³/mol. The molecule has 28 heavy (non-hydrogen) atoms. The summed E-state index contributed by atoms with van der Waals surface area (Å²) < 4.78 is 40.2. The monoisotopic (exact) mass is 384 g/mol. The van der Waals surface area contributed by atoms with Gasteiger partial charge in [0.05, 0.1) is 12.1 Å². The zero-order chi connectivity index (χ0) is 19.9. The number of rotatable bonds is 4. The highest BCUT2D eigenvalue weighted by molar-refractivity contribution is 6.01. The summed E-state index contributed by atoms with van der Waals surface area (Å²) in [6, 6.07) is 13.4. The van der Waals surface area contributed by atoms with Gasteiger partial charge >= 0.3 is 0 Å². The van der Waals surface area contributed by atoms with Crippen molar-refractivity contribution in [1.29, 1.82) is 0 Å². The molecular weight excluding hydrogens is 365 g/mol. The zero-order valence-corrected chi connectivity index (χ0v) is 15.4. The molecule has 1 aromatic heterocycles. The number of aromatic nitrogens is 1. The van der Waals surface area contributed by atoms with Crippen LogP contribution in [0.1, 0.15) is 29.4 Å². The minimum atomic E-state index is -2.63. The van der Waals surface area contributed by atoms with Crippen molar-refractivity contribution in [2.45, 2.75) is 25.8 Å². The van der Waals surface area contributed by atoms with E-state index in [9.17, 15) is 18.0 Å². The average molecular weight is 384 g/mol. The first-order valence-electron chi connectivity index (χ1n) is 9.11. The summed E-state index contributed by atoms with van der Waals surface area (Å²) in [5.74, 6) is -3.14. The summed E-state index contributed by atoms with van der Waals surface area (Å²) >= 11 is 0. The fourth-order valence-electron chi connectivity index (χ4n) is 3.62. The van der Waals surface area contributed by atoms with Gasteiger partial charge in [-0.15, -0.1) is 0 Å². The maximum Gasteiger partial charge on any atom is 0.261 e. The van der Waals surface area contributed by atoms with Gasteiger partial charge in [-0.3, -0.25) is 9.69 Å². The van der Waals surface area contributed by atoms with Crippen molar-refractivity contribution in [1.82, 2.24) is 9.88 Å². The van der Waals surface area contributed by atoms with E-state index in [1.54, 1.807) is 23.1 Å². The number of benzene rings is 2. The summed E-state index contributed by atoms with van der Waals surface area (Å²) in [6.07, 6.45) is -0.123. The van der Waals surface area contributed by atoms with E-state index in [2.05, 4.69) is 4.98 Å². The van der Waals surface area contributed by atoms with Crippen molar-refractivity contribution in [2.24, 2.45) is 0 Å². The molecule has 0 radical (unpaired) electrons. The van der Waals surface area contributed by atoms with E-state index in [0.717, 1.165) is 22.1 Å². The number of nitrogens with zero attached hydrogens (tertiary/aromatic N) is 2. The van der Waals surface area contributed by atoms with Gasteiger partial charge in [0, 0.05) is 31.8 Å². The van der Waals surface area contributed by atoms with Crippen molar-refractivity contribution < 1.29 is 18.0 Å². The molecule has 6 heteroatoms. The highest BCUT2D eigenvalue weighted by atomic mass is 19.3. The zero-order valence-electron chi connectivity index (χ0n) is 15.4. The first kappa shape index (κ1) is 18.6. The maximum atomic E-state index is 13.4. The Labute approximate surface area is 160 Å². The summed E-state index contributed by atoms with van der Waals surface area (Å²) in [4.78, 5) is 18.1. The van der Waals surface area contributed by atoms with Crippen molar-refractivity contribution in [3.63, 3.8) is 0 Å². The van der Waals surface area contributed by atoms with E-state index in [-0.39, 0.29) is 24.6 Å². The number of ketones is 1. The fraction of sp³-hybridized carbons (Fsp3) is 0.273. The fourth-order valence-corrected chi connectivity index (χ4v) is 3.62. The summed E-state index contributed by atoms with van der Waals surface area (Å²) in [7, 11) is 0. The van der Waals surface area contributed by atoms with E-state index in [1.807, 2.05) is 18.2 Å². The van der Waals surface area contributed by atoms with Crippen LogP contribution in [0.5, 0.6) is 0 Å². The van der Waals surface area contributed by atoms with Crippen LogP contribution in [0.2, 0.25) is 0 Å². The second kappa shape index (κ2) is 7.02. The molecule has 1 aliphatic rings. The van der Waals surface area contributed by atoms with E-state index >= 15 is 0 Å². The van der Waals surface area contributed by atoms with Crippen molar-refractivity contribution in [2.75, 3.05) is 13.1 Å². The summed E-state index contributed by atoms with van der Waals surface area (Å²) in [5.41, 5.74) is 3.37. The number of pyridine rings is 1. The van der Waals surface area contributed by atoms with Gasteiger partial charge in [-0.25, -0.2) is 18.2 Å². The Morgan fingerprint density at radius 2 is 1.89 bits per heavy atom. The van der Waals surface area contributed by atoms with Gasteiger partial charge in [-0.1, -0.05) is 24.3 Å². The molecule has 0 amide bonds. The number of fused-ring (bicyclic) bond motifs is 1. The molecule has 4 rings (SSSR count). The smallest absolute Gasteiger partial charge is 0.261 e. The number of likely N-dealkylation sites (tertiary alicyclic amines) is 1. The van der Waals surface area contributed by atoms with Crippen LogP contribution in [0.4, 0.5) is 13.2 Å². The lowest BCUT2D eigenvalue weighted by atomic mass is 9.98. The number of hydrogen-bond acceptors (Lipinski definition) is 3. The lowest BCUT2D eigenvalue weighted by Gasteiger charge is -2.16. The molecule has 0 spiro atoms. The van der Waals surface area contributed by atoms with Crippen LogP contribution in [0.25, 0.3) is 22.0 Å². The van der Waals surface area contributed by atoms with Crippen molar-refractivity contribution in [3.8, 4) is 11.1 Å². The van der Waals surface area contributed by atoms with Gasteiger partial charge < -0.3 is 0 Å². The molecule has 0 aliphatic carbocycles. The van der Waals surface area contributed by atoms with Gasteiger partial charge in [-0.05, 0) is 41.0 Å². The van der Waals surface area contributed by atoms with Crippen LogP contribution in [0.15, 0.2) is 48.5 Å². The molecule has 144 valence electrons. The lowest BCUT2D eigenvalue weighted by molar-refractivity contribution is 0.0115. The lowest BCUT2D eigenvalue weighted by Crippen LogP contribution is -2.24. The Morgan fingerprint density at radius 3 is 2.54 bits per heavy atom. The highest BCUT2D eigenvalue weighted by Crippen LogP contribution is 2.31. The Hall–Kier alpha value is -2.73. The SMILES string of the molecule is CC(=O)c1cc(-c2ccc(F)cc2)c2ccc(CN3CCC(F)(F)C3)cc2n1. The van der Waals surface area contributed by atoms with Gasteiger partial charge in [-0.2, -0.15) is 0 Å². The minimum absolute atomic E-state index is 0.123. The molecule has 0 unspecified atom stereocenters. The van der Waals surface area contributed by atoms with Crippen LogP contribution >= 0.6 is 0 Å². The van der Waals surface area contributed by atoms with Crippen LogP contribution in [0.3, 0.4) is 0 Å². The average Bonchev–Trinajstić information content (AvgIpc) is 2.99. The molecule has 2 heterocycles. The topological polar surface area (TPSA) is 33.2 Å². The number of carbonyl (C=O) groups is 1. The maximum absolute atomic E-state index is 13.4. The molecule has 1 aliphatic heterocycles. The third-order valence-corrected chi connectivity index (χ3v) is 5.05. The number of alkyl halides is 2. The first-order chi connectivity index (χ1) is 13.3. The molecule has 0 saturated carbocycles. The van der Waals surface area contributed by atoms with Gasteiger partial charge in [0.2, 0.25) is 0 Å². The molecule has 1 saturated heterocycles. The standard InChI is InChI=1S/C22H19F3N2O/c1-14(28)20-11-19(16-3-5-17(23)6-4-16)18-7-2-15(10-21(18)26-20)12-27-9-8-22(24,25)13-27/h2-7,10-11H,8-9,12-13H2,1H3. The molecule has 0 atom stereocenters. The number of halogens is 3. The molecule has 1 fully saturated rings. The molecule has 3 aromatic rings. The second-order valence-corrected chi connectivity index (χ2v) is 7.29. The summed E-state index contributed by atoms with van der Waals surface area (Å²) in [5, 5.41) is 0.826. The number of Topliss-reactive ketones (excluding diaryl/α,β-unsaturated/α-hetero) is 1. The molecular formula is C22H19F3N2O. The molecule has 3 nitrogen and oxygen atoms in total. The first-order valence-corrected chi connectivity index (χ1v) is 9.11. The predicted octanol–water partition coefficient (Wildman–Crippen LogP) is 5.08. The van der Waals surface area contributed by atoms with Crippen LogP contribution in [-0.2, 0) is 6.54 Å². The van der Waals surface area contributed by atoms with Gasteiger partial charge in [0.1, 0.15) is 11.5 Å². The quantitative estimate of drug-likeness (QED) is 0.588. The van der Waals surface area contributed by atoms with E-state index in [0.29, 0.717) is 24.3 Å². The van der Waals surface area contributed by atoms with Crippen molar-refractivity contribution in [3.05, 3.63) is 65.6 Å². The minimum Gasteiger partial charge on any atom is -0.293 e. The summed E-state index contributed by atoms with van der Waals surface area (Å²) in [6.45, 7) is 1.96. The third kappa shape index (κ3) is 3.78. The number of carbonyl (C=O) groups excluding carboxylic acids is 1. The number of hydrogen-bond donors (Lipinski definition) is 0. The van der Waals surface area contributed by atoms with E-state index < -0.39 is 5.92 Å². The highest BCUT2D eigenvalue weighted by Gasteiger charge is 2.37. The van der Waals surface area contributed by atoms with Crippen LogP contribution in [-0.4, -0.2) is 34.7 Å². The Morgan fingerprint density at radius 1 is 1.14 bits per heavy atom.